The van der Waals surface area contributed by atoms with Crippen LogP contribution in [0.2, 0.25) is 0 Å². The van der Waals surface area contributed by atoms with E-state index in [9.17, 15) is 9.59 Å². The molecule has 1 saturated carbocycles. The summed E-state index contributed by atoms with van der Waals surface area (Å²) in [6.45, 7) is 2.08. The maximum absolute atomic E-state index is 12.9. The lowest BCUT2D eigenvalue weighted by molar-refractivity contribution is -0.145. The van der Waals surface area contributed by atoms with Gasteiger partial charge in [0.1, 0.15) is 0 Å². The minimum atomic E-state index is -0.199. The minimum Gasteiger partial charge on any atom is -0.385 e. The molecule has 2 fully saturated rings. The number of ether oxygens (including phenoxy) is 1. The number of methoxy groups -OCH3 is 1. The van der Waals surface area contributed by atoms with E-state index in [0.717, 1.165) is 44.9 Å². The van der Waals surface area contributed by atoms with Gasteiger partial charge in [-0.2, -0.15) is 0 Å². The molecule has 1 saturated heterocycles. The molecule has 120 valence electrons. The second-order valence-electron chi connectivity index (χ2n) is 6.41. The first-order valence-electron chi connectivity index (χ1n) is 8.13. The fourth-order valence-electron chi connectivity index (χ4n) is 3.80. The average Bonchev–Trinajstić information content (AvgIpc) is 3.01. The van der Waals surface area contributed by atoms with Crippen molar-refractivity contribution in [1.29, 1.82) is 0 Å². The Balaban J connectivity index is 1.95. The highest BCUT2D eigenvalue weighted by Crippen LogP contribution is 2.43. The van der Waals surface area contributed by atoms with E-state index in [0.29, 0.717) is 25.6 Å². The minimum absolute atomic E-state index is 0.0672. The molecule has 1 N–H and O–H groups in total. The number of amides is 2. The average molecular weight is 296 g/mol. The molecule has 0 atom stereocenters. The standard InChI is InChI=1S/C16H28N2O3/c1-17-14(19)13-5-10-18(11-6-13)15(20)16(9-12-21-2)7-3-4-8-16/h13H,3-12H2,1-2H3,(H,17,19). The number of rotatable bonds is 5. The van der Waals surface area contributed by atoms with Crippen molar-refractivity contribution in [2.75, 3.05) is 33.9 Å². The fourth-order valence-corrected chi connectivity index (χ4v) is 3.80. The van der Waals surface area contributed by atoms with Crippen LogP contribution in [0.25, 0.3) is 0 Å². The van der Waals surface area contributed by atoms with E-state index in [4.69, 9.17) is 4.74 Å². The van der Waals surface area contributed by atoms with Gasteiger partial charge in [0, 0.05) is 39.8 Å². The Morgan fingerprint density at radius 2 is 1.86 bits per heavy atom. The Morgan fingerprint density at radius 1 is 1.24 bits per heavy atom. The van der Waals surface area contributed by atoms with E-state index in [-0.39, 0.29) is 17.2 Å². The molecule has 0 aromatic heterocycles. The van der Waals surface area contributed by atoms with Crippen LogP contribution in [0.3, 0.4) is 0 Å². The molecule has 0 bridgehead atoms. The monoisotopic (exact) mass is 296 g/mol. The zero-order chi connectivity index (χ0) is 15.3. The number of piperidine rings is 1. The van der Waals surface area contributed by atoms with Crippen LogP contribution in [0.15, 0.2) is 0 Å². The third-order valence-electron chi connectivity index (χ3n) is 5.20. The highest BCUT2D eigenvalue weighted by molar-refractivity contribution is 5.84. The van der Waals surface area contributed by atoms with Crippen LogP contribution in [0.4, 0.5) is 0 Å². The molecule has 0 aromatic rings. The van der Waals surface area contributed by atoms with E-state index >= 15 is 0 Å². The molecular formula is C16H28N2O3. The van der Waals surface area contributed by atoms with Crippen molar-refractivity contribution >= 4 is 11.8 Å². The molecule has 1 heterocycles. The molecule has 2 rings (SSSR count). The number of carbonyl (C=O) groups excluding carboxylic acids is 2. The lowest BCUT2D eigenvalue weighted by Gasteiger charge is -2.38. The van der Waals surface area contributed by atoms with Crippen LogP contribution in [0, 0.1) is 11.3 Å². The fraction of sp³-hybridized carbons (Fsp3) is 0.875. The van der Waals surface area contributed by atoms with Crippen molar-refractivity contribution in [3.05, 3.63) is 0 Å². The highest BCUT2D eigenvalue weighted by Gasteiger charge is 2.43. The van der Waals surface area contributed by atoms with Gasteiger partial charge < -0.3 is 15.0 Å². The van der Waals surface area contributed by atoms with Gasteiger partial charge in [-0.3, -0.25) is 9.59 Å². The van der Waals surface area contributed by atoms with Crippen LogP contribution >= 0.6 is 0 Å². The van der Waals surface area contributed by atoms with Crippen LogP contribution in [-0.2, 0) is 14.3 Å². The van der Waals surface area contributed by atoms with Crippen molar-refractivity contribution in [3.63, 3.8) is 0 Å². The van der Waals surface area contributed by atoms with Gasteiger partial charge in [0.15, 0.2) is 0 Å². The molecule has 0 radical (unpaired) electrons. The Morgan fingerprint density at radius 3 is 2.38 bits per heavy atom. The van der Waals surface area contributed by atoms with E-state index in [2.05, 4.69) is 5.32 Å². The first-order valence-corrected chi connectivity index (χ1v) is 8.13. The van der Waals surface area contributed by atoms with E-state index in [1.807, 2.05) is 4.90 Å². The summed E-state index contributed by atoms with van der Waals surface area (Å²) < 4.78 is 5.21. The summed E-state index contributed by atoms with van der Waals surface area (Å²) in [6, 6.07) is 0. The van der Waals surface area contributed by atoms with E-state index in [1.165, 1.54) is 0 Å². The summed E-state index contributed by atoms with van der Waals surface area (Å²) in [6.07, 6.45) is 6.67. The largest absolute Gasteiger partial charge is 0.385 e. The normalized spacial score (nSPS) is 22.3. The topological polar surface area (TPSA) is 58.6 Å². The second-order valence-corrected chi connectivity index (χ2v) is 6.41. The molecule has 0 unspecified atom stereocenters. The summed E-state index contributed by atoms with van der Waals surface area (Å²) in [5.74, 6) is 0.474. The van der Waals surface area contributed by atoms with Crippen molar-refractivity contribution < 1.29 is 14.3 Å². The van der Waals surface area contributed by atoms with Gasteiger partial charge in [-0.1, -0.05) is 12.8 Å². The quantitative estimate of drug-likeness (QED) is 0.838. The van der Waals surface area contributed by atoms with Gasteiger partial charge in [0.25, 0.3) is 0 Å². The van der Waals surface area contributed by atoms with Gasteiger partial charge in [0.2, 0.25) is 11.8 Å². The van der Waals surface area contributed by atoms with Crippen LogP contribution in [0.1, 0.15) is 44.9 Å². The summed E-state index contributed by atoms with van der Waals surface area (Å²) in [7, 11) is 3.38. The molecule has 1 aliphatic heterocycles. The summed E-state index contributed by atoms with van der Waals surface area (Å²) >= 11 is 0. The third kappa shape index (κ3) is 3.57. The predicted molar refractivity (Wildman–Crippen MR) is 80.8 cm³/mol. The maximum atomic E-state index is 12.9. The van der Waals surface area contributed by atoms with Gasteiger partial charge in [0.05, 0.1) is 5.41 Å². The predicted octanol–water partition coefficient (Wildman–Crippen LogP) is 1.57. The molecule has 1 aliphatic carbocycles. The van der Waals surface area contributed by atoms with Gasteiger partial charge in [-0.15, -0.1) is 0 Å². The Labute approximate surface area is 127 Å². The Bertz CT molecular complexity index is 370. The zero-order valence-corrected chi connectivity index (χ0v) is 13.3. The molecule has 0 aromatic carbocycles. The third-order valence-corrected chi connectivity index (χ3v) is 5.20. The molecular weight excluding hydrogens is 268 g/mol. The van der Waals surface area contributed by atoms with Crippen molar-refractivity contribution in [2.45, 2.75) is 44.9 Å². The summed E-state index contributed by atoms with van der Waals surface area (Å²) in [4.78, 5) is 26.6. The van der Waals surface area contributed by atoms with E-state index in [1.54, 1.807) is 14.2 Å². The number of hydrogen-bond acceptors (Lipinski definition) is 3. The first-order chi connectivity index (χ1) is 10.1. The number of nitrogens with one attached hydrogen (secondary N) is 1. The van der Waals surface area contributed by atoms with Crippen LogP contribution in [0.5, 0.6) is 0 Å². The Kier molecular flexibility index (Phi) is 5.62. The molecule has 2 amide bonds. The summed E-state index contributed by atoms with van der Waals surface area (Å²) in [5.41, 5.74) is -0.199. The van der Waals surface area contributed by atoms with Crippen LogP contribution in [-0.4, -0.2) is 50.6 Å². The SMILES string of the molecule is CNC(=O)C1CCN(C(=O)C2(CCOC)CCCC2)CC1. The number of carbonyl (C=O) groups is 2. The van der Waals surface area contributed by atoms with Crippen molar-refractivity contribution in [1.82, 2.24) is 10.2 Å². The van der Waals surface area contributed by atoms with Gasteiger partial charge >= 0.3 is 0 Å². The van der Waals surface area contributed by atoms with Crippen molar-refractivity contribution in [2.24, 2.45) is 11.3 Å². The molecule has 2 aliphatic rings. The maximum Gasteiger partial charge on any atom is 0.228 e. The smallest absolute Gasteiger partial charge is 0.228 e. The molecule has 0 spiro atoms. The lowest BCUT2D eigenvalue weighted by atomic mass is 9.80. The Hall–Kier alpha value is -1.10. The second kappa shape index (κ2) is 7.25. The molecule has 21 heavy (non-hydrogen) atoms. The van der Waals surface area contributed by atoms with Crippen molar-refractivity contribution in [3.8, 4) is 0 Å². The molecule has 5 heteroatoms. The zero-order valence-electron chi connectivity index (χ0n) is 13.3. The van der Waals surface area contributed by atoms with E-state index < -0.39 is 0 Å². The number of likely N-dealkylation sites (tertiary alicyclic amines) is 1. The lowest BCUT2D eigenvalue weighted by Crippen LogP contribution is -2.48. The number of nitrogens with zero attached hydrogens (tertiary/aromatic N) is 1. The van der Waals surface area contributed by atoms with Gasteiger partial charge in [-0.05, 0) is 32.1 Å². The number of hydrogen-bond donors (Lipinski definition) is 1. The molecule has 5 nitrogen and oxygen atoms in total. The van der Waals surface area contributed by atoms with Gasteiger partial charge in [-0.25, -0.2) is 0 Å². The highest BCUT2D eigenvalue weighted by atomic mass is 16.5. The first kappa shape index (κ1) is 16.3. The van der Waals surface area contributed by atoms with Crippen LogP contribution < -0.4 is 5.32 Å². The summed E-state index contributed by atoms with van der Waals surface area (Å²) in [5, 5.41) is 2.71.